The third-order valence-electron chi connectivity index (χ3n) is 12.9. The topological polar surface area (TPSA) is 172 Å². The van der Waals surface area contributed by atoms with Gasteiger partial charge in [0, 0.05) is 121 Å². The molecule has 2 aromatic carbocycles. The van der Waals surface area contributed by atoms with Crippen LogP contribution in [0.1, 0.15) is 63.4 Å². The number of benzene rings is 2. The largest absolute Gasteiger partial charge is 0.371 e. The van der Waals surface area contributed by atoms with Crippen molar-refractivity contribution in [2.24, 2.45) is 11.7 Å². The maximum absolute atomic E-state index is 13.1. The number of nitrogens with one attached hydrogen (secondary N) is 1. The summed E-state index contributed by atoms with van der Waals surface area (Å²) in [7, 11) is 1.84. The highest BCUT2D eigenvalue weighted by Gasteiger charge is 2.40. The maximum atomic E-state index is 13.1. The number of aromatic nitrogens is 2. The molecule has 0 aliphatic carbocycles. The molecule has 16 heteroatoms. The van der Waals surface area contributed by atoms with Crippen molar-refractivity contribution in [1.29, 1.82) is 0 Å². The highest BCUT2D eigenvalue weighted by atomic mass is 16.2. The number of amides is 6. The van der Waals surface area contributed by atoms with Gasteiger partial charge in [-0.2, -0.15) is 0 Å². The molecule has 6 aliphatic heterocycles. The van der Waals surface area contributed by atoms with Crippen LogP contribution >= 0.6 is 0 Å². The summed E-state index contributed by atoms with van der Waals surface area (Å²) in [6, 6.07) is 14.0. The lowest BCUT2D eigenvalue weighted by atomic mass is 9.97. The van der Waals surface area contributed by atoms with Crippen molar-refractivity contribution in [3.63, 3.8) is 0 Å². The van der Waals surface area contributed by atoms with Crippen molar-refractivity contribution in [2.75, 3.05) is 93.7 Å². The van der Waals surface area contributed by atoms with Gasteiger partial charge in [-0.1, -0.05) is 12.1 Å². The van der Waals surface area contributed by atoms with E-state index in [2.05, 4.69) is 60.2 Å². The molecule has 7 heterocycles. The molecular weight excluding hydrogens is 739 g/mol. The first kappa shape index (κ1) is 37.8. The van der Waals surface area contributed by atoms with Crippen LogP contribution < -0.4 is 25.8 Å². The van der Waals surface area contributed by atoms with Crippen molar-refractivity contribution in [2.45, 2.75) is 50.7 Å². The highest BCUT2D eigenvalue weighted by Crippen LogP contribution is 2.33. The predicted octanol–water partition coefficient (Wildman–Crippen LogP) is 1.52. The van der Waals surface area contributed by atoms with E-state index in [1.165, 1.54) is 5.69 Å². The fourth-order valence-corrected chi connectivity index (χ4v) is 9.55. The number of likely N-dealkylation sites (N-methyl/N-ethyl adjacent to an activating group) is 1. The first-order valence-corrected chi connectivity index (χ1v) is 20.6. The summed E-state index contributed by atoms with van der Waals surface area (Å²) in [5.41, 5.74) is 11.4. The number of rotatable bonds is 10. The molecule has 1 aromatic heterocycles. The van der Waals surface area contributed by atoms with Gasteiger partial charge in [0.25, 0.3) is 11.8 Å². The molecule has 6 aliphatic rings. The number of anilines is 3. The zero-order valence-electron chi connectivity index (χ0n) is 33.0. The van der Waals surface area contributed by atoms with Crippen molar-refractivity contribution in [1.82, 2.24) is 34.9 Å². The molecule has 2 atom stereocenters. The summed E-state index contributed by atoms with van der Waals surface area (Å²) in [4.78, 5) is 86.4. The minimum absolute atomic E-state index is 0.0763. The standard InChI is InChI=1S/C42H51N11O5/c1-47-13-18-52(42(47)58)32-3-2-12-50(26-32)36-21-44-38(39(43)55)34(45-36)19-27-4-6-30(7-5-27)49-16-14-48(15-17-49)22-28-23-51(24-28)31-8-9-33-29(20-31)25-53(41(33)57)35-10-11-37(54)46-40(35)56/h4-9,20-21,28,32,35H,2-3,10-19,22-26H2,1H3,(H2,43,55)(H,46,54,56)/t32-,35?/m1/s1. The van der Waals surface area contributed by atoms with Gasteiger partial charge in [-0.05, 0) is 60.7 Å². The monoisotopic (exact) mass is 789 g/mol. The smallest absolute Gasteiger partial charge is 0.320 e. The number of piperidine rings is 2. The summed E-state index contributed by atoms with van der Waals surface area (Å²) in [5, 5.41) is 2.37. The van der Waals surface area contributed by atoms with E-state index in [0.717, 1.165) is 95.1 Å². The van der Waals surface area contributed by atoms with Gasteiger partial charge in [-0.15, -0.1) is 0 Å². The molecule has 0 radical (unpaired) electrons. The van der Waals surface area contributed by atoms with Crippen LogP contribution in [0.2, 0.25) is 0 Å². The van der Waals surface area contributed by atoms with E-state index < -0.39 is 11.9 Å². The maximum Gasteiger partial charge on any atom is 0.320 e. The van der Waals surface area contributed by atoms with Crippen molar-refractivity contribution < 1.29 is 24.0 Å². The second-order valence-electron chi connectivity index (χ2n) is 16.7. The van der Waals surface area contributed by atoms with E-state index >= 15 is 0 Å². The van der Waals surface area contributed by atoms with Crippen LogP contribution in [0.15, 0.2) is 48.7 Å². The molecule has 0 saturated carbocycles. The SMILES string of the molecule is CN1CCN([C@@H]2CCCN(c3cnc(C(N)=O)c(Cc4ccc(N5CCN(CC6CN(c7ccc8c(c7)CN(C7CCC(=O)NC7=O)C8=O)C6)CC5)cc4)n3)C2)C1=O. The Morgan fingerprint density at radius 2 is 1.62 bits per heavy atom. The van der Waals surface area contributed by atoms with Gasteiger partial charge in [0.05, 0.1) is 17.9 Å². The zero-order chi connectivity index (χ0) is 40.1. The number of imide groups is 1. The summed E-state index contributed by atoms with van der Waals surface area (Å²) >= 11 is 0. The Kier molecular flexibility index (Phi) is 10.1. The summed E-state index contributed by atoms with van der Waals surface area (Å²) < 4.78 is 0. The Hall–Kier alpha value is -5.77. The van der Waals surface area contributed by atoms with Crippen molar-refractivity contribution in [3.05, 3.63) is 76.7 Å². The zero-order valence-corrected chi connectivity index (χ0v) is 33.0. The molecule has 9 rings (SSSR count). The Bertz CT molecular complexity index is 2120. The van der Waals surface area contributed by atoms with Crippen molar-refractivity contribution >= 4 is 46.9 Å². The number of piperazine rings is 1. The van der Waals surface area contributed by atoms with Gasteiger partial charge in [-0.25, -0.2) is 14.8 Å². The van der Waals surface area contributed by atoms with E-state index in [-0.39, 0.29) is 41.9 Å². The van der Waals surface area contributed by atoms with Gasteiger partial charge >= 0.3 is 6.03 Å². The van der Waals surface area contributed by atoms with Crippen LogP contribution in [-0.2, 0) is 22.6 Å². The summed E-state index contributed by atoms with van der Waals surface area (Å²) in [5.74, 6) is -0.134. The normalized spacial score (nSPS) is 23.1. The van der Waals surface area contributed by atoms with E-state index in [4.69, 9.17) is 10.7 Å². The fourth-order valence-electron chi connectivity index (χ4n) is 9.55. The quantitative estimate of drug-likeness (QED) is 0.286. The Labute approximate surface area is 337 Å². The van der Waals surface area contributed by atoms with Crippen LogP contribution in [0.5, 0.6) is 0 Å². The summed E-state index contributed by atoms with van der Waals surface area (Å²) in [6.07, 6.45) is 4.58. The van der Waals surface area contributed by atoms with Gasteiger partial charge in [0.15, 0.2) is 0 Å². The molecule has 16 nitrogen and oxygen atoms in total. The van der Waals surface area contributed by atoms with Gasteiger partial charge < -0.3 is 35.1 Å². The molecule has 5 saturated heterocycles. The van der Waals surface area contributed by atoms with E-state index in [0.29, 0.717) is 48.9 Å². The second kappa shape index (κ2) is 15.5. The number of nitrogens with zero attached hydrogens (tertiary/aromatic N) is 9. The van der Waals surface area contributed by atoms with Crippen LogP contribution in [0.3, 0.4) is 0 Å². The molecule has 304 valence electrons. The third-order valence-corrected chi connectivity index (χ3v) is 12.9. The second-order valence-corrected chi connectivity index (χ2v) is 16.7. The van der Waals surface area contributed by atoms with E-state index in [1.807, 2.05) is 24.1 Å². The number of nitrogens with two attached hydrogens (primary N) is 1. The number of fused-ring (bicyclic) bond motifs is 1. The molecule has 0 spiro atoms. The fraction of sp³-hybridized carbons (Fsp3) is 0.500. The third kappa shape index (κ3) is 7.40. The molecule has 6 amide bonds. The summed E-state index contributed by atoms with van der Waals surface area (Å²) in [6.45, 7) is 10.2. The molecule has 0 bridgehead atoms. The van der Waals surface area contributed by atoms with E-state index in [9.17, 15) is 24.0 Å². The number of carbonyl (C=O) groups is 5. The van der Waals surface area contributed by atoms with Crippen molar-refractivity contribution in [3.8, 4) is 0 Å². The average molecular weight is 790 g/mol. The lowest BCUT2D eigenvalue weighted by Gasteiger charge is -2.45. The predicted molar refractivity (Wildman–Crippen MR) is 217 cm³/mol. The molecule has 5 fully saturated rings. The van der Waals surface area contributed by atoms with Gasteiger partial charge in [0.1, 0.15) is 17.6 Å². The number of hydrogen-bond acceptors (Lipinski definition) is 11. The average Bonchev–Trinajstić information content (AvgIpc) is 3.72. The Morgan fingerprint density at radius 1 is 0.845 bits per heavy atom. The Morgan fingerprint density at radius 3 is 2.34 bits per heavy atom. The molecule has 58 heavy (non-hydrogen) atoms. The number of carbonyl (C=O) groups excluding carboxylic acids is 5. The van der Waals surface area contributed by atoms with Crippen LogP contribution in [-0.4, -0.2) is 150 Å². The number of urea groups is 1. The minimum atomic E-state index is -0.603. The molecular formula is C42H51N11O5. The molecule has 1 unspecified atom stereocenters. The van der Waals surface area contributed by atoms with Crippen LogP contribution in [0, 0.1) is 5.92 Å². The van der Waals surface area contributed by atoms with Crippen LogP contribution in [0.25, 0.3) is 0 Å². The molecule has 3 aromatic rings. The highest BCUT2D eigenvalue weighted by molar-refractivity contribution is 6.05. The number of primary amides is 1. The van der Waals surface area contributed by atoms with Gasteiger partial charge in [-0.3, -0.25) is 29.4 Å². The van der Waals surface area contributed by atoms with Gasteiger partial charge in [0.2, 0.25) is 11.8 Å². The van der Waals surface area contributed by atoms with E-state index in [1.54, 1.807) is 16.0 Å². The first-order chi connectivity index (χ1) is 28.1. The van der Waals surface area contributed by atoms with Crippen LogP contribution in [0.4, 0.5) is 22.0 Å². The lowest BCUT2D eigenvalue weighted by molar-refractivity contribution is -0.136. The first-order valence-electron chi connectivity index (χ1n) is 20.6. The lowest BCUT2D eigenvalue weighted by Crippen LogP contribution is -2.55. The Balaban J connectivity index is 0.753. The molecule has 3 N–H and O–H groups in total. The minimum Gasteiger partial charge on any atom is -0.371 e. The number of hydrogen-bond donors (Lipinski definition) is 2.